The maximum absolute atomic E-state index is 13.0. The molecule has 0 unspecified atom stereocenters. The van der Waals surface area contributed by atoms with Crippen LogP contribution in [0.2, 0.25) is 5.02 Å². The summed E-state index contributed by atoms with van der Waals surface area (Å²) in [5.41, 5.74) is 7.21. The highest BCUT2D eigenvalue weighted by Gasteiger charge is 2.36. The number of para-hydroxylation sites is 1. The number of amides is 2. The van der Waals surface area contributed by atoms with Crippen molar-refractivity contribution < 1.29 is 14.7 Å². The minimum Gasteiger partial charge on any atom is -0.509 e. The Labute approximate surface area is 242 Å². The molecule has 0 bridgehead atoms. The number of aromatic nitrogens is 2. The Kier molecular flexibility index (Phi) is 7.91. The standard InChI is InChI=1S/C29H31ClN6O3S/c1-3-29(2)12-14-35(15-13-29)22-16-32-27(25(31)34-22)40-21-11-7-10-19(24(21)30)33-26(38)23-20(37)17-36(28(23)39)18-8-5-4-6-9-18/h4-11,16,37H,3,12-15,17H2,1-2H3,(H2,31,34)(H,33,38). The van der Waals surface area contributed by atoms with Crippen LogP contribution in [0.1, 0.15) is 33.1 Å². The van der Waals surface area contributed by atoms with Gasteiger partial charge in [0.15, 0.2) is 5.82 Å². The molecule has 40 heavy (non-hydrogen) atoms. The van der Waals surface area contributed by atoms with Gasteiger partial charge in [0, 0.05) is 23.7 Å². The average Bonchev–Trinajstić information content (AvgIpc) is 3.26. The van der Waals surface area contributed by atoms with Gasteiger partial charge in [-0.15, -0.1) is 0 Å². The summed E-state index contributed by atoms with van der Waals surface area (Å²) >= 11 is 7.88. The molecule has 11 heteroatoms. The van der Waals surface area contributed by atoms with E-state index in [1.54, 1.807) is 48.7 Å². The second-order valence-electron chi connectivity index (χ2n) is 10.3. The number of aliphatic hydroxyl groups is 1. The Balaban J connectivity index is 1.28. The number of nitrogens with zero attached hydrogens (tertiary/aromatic N) is 4. The first-order valence-electron chi connectivity index (χ1n) is 13.1. The number of rotatable bonds is 7. The van der Waals surface area contributed by atoms with E-state index in [1.807, 2.05) is 6.07 Å². The largest absolute Gasteiger partial charge is 0.509 e. The SMILES string of the molecule is CCC1(C)CCN(c2cnc(Sc3cccc(NC(=O)C4=C(O)CN(c5ccccc5)C4=O)c3Cl)c(N)n2)CC1. The number of nitrogens with one attached hydrogen (secondary N) is 1. The Morgan fingerprint density at radius 2 is 1.90 bits per heavy atom. The fraction of sp³-hybridized carbons (Fsp3) is 0.310. The fourth-order valence-electron chi connectivity index (χ4n) is 4.82. The predicted molar refractivity (Wildman–Crippen MR) is 159 cm³/mol. The van der Waals surface area contributed by atoms with Crippen molar-refractivity contribution in [3.05, 3.63) is 71.1 Å². The molecule has 2 amide bonds. The Bertz CT molecular complexity index is 1470. The van der Waals surface area contributed by atoms with Gasteiger partial charge in [0.05, 0.1) is 23.5 Å². The first-order valence-corrected chi connectivity index (χ1v) is 14.3. The van der Waals surface area contributed by atoms with Gasteiger partial charge >= 0.3 is 0 Å². The molecule has 2 aromatic carbocycles. The summed E-state index contributed by atoms with van der Waals surface area (Å²) in [4.78, 5) is 39.3. The lowest BCUT2D eigenvalue weighted by atomic mass is 9.78. The van der Waals surface area contributed by atoms with E-state index in [0.717, 1.165) is 38.2 Å². The molecule has 2 aliphatic heterocycles. The van der Waals surface area contributed by atoms with Gasteiger partial charge in [-0.3, -0.25) is 9.59 Å². The van der Waals surface area contributed by atoms with E-state index in [-0.39, 0.29) is 22.9 Å². The van der Waals surface area contributed by atoms with Gasteiger partial charge in [0.1, 0.15) is 22.2 Å². The van der Waals surface area contributed by atoms with Crippen LogP contribution >= 0.6 is 23.4 Å². The molecule has 3 heterocycles. The van der Waals surface area contributed by atoms with Crippen LogP contribution in [0.25, 0.3) is 0 Å². The third-order valence-corrected chi connectivity index (χ3v) is 9.26. The number of halogens is 1. The molecule has 1 saturated heterocycles. The summed E-state index contributed by atoms with van der Waals surface area (Å²) in [5, 5.41) is 13.8. The topological polar surface area (TPSA) is 125 Å². The van der Waals surface area contributed by atoms with Crippen molar-refractivity contribution in [2.24, 2.45) is 5.41 Å². The van der Waals surface area contributed by atoms with E-state index in [9.17, 15) is 14.7 Å². The quantitative estimate of drug-likeness (QED) is 0.306. The first kappa shape index (κ1) is 27.8. The molecule has 3 aromatic rings. The van der Waals surface area contributed by atoms with Crippen molar-refractivity contribution in [3.8, 4) is 0 Å². The molecule has 0 saturated carbocycles. The molecule has 2 aliphatic rings. The zero-order valence-electron chi connectivity index (χ0n) is 22.4. The molecule has 1 fully saturated rings. The summed E-state index contributed by atoms with van der Waals surface area (Å²) in [6, 6.07) is 14.0. The Hall–Kier alpha value is -3.76. The summed E-state index contributed by atoms with van der Waals surface area (Å²) in [6.45, 7) is 6.31. The van der Waals surface area contributed by atoms with E-state index in [0.29, 0.717) is 32.5 Å². The van der Waals surface area contributed by atoms with Crippen molar-refractivity contribution >= 4 is 58.2 Å². The number of benzene rings is 2. The molecule has 0 aliphatic carbocycles. The number of nitrogen functional groups attached to an aromatic ring is 1. The normalized spacial score (nSPS) is 16.9. The van der Waals surface area contributed by atoms with Gasteiger partial charge in [-0.1, -0.05) is 67.9 Å². The number of nitrogens with two attached hydrogens (primary N) is 1. The lowest BCUT2D eigenvalue weighted by molar-refractivity contribution is -0.119. The van der Waals surface area contributed by atoms with Gasteiger partial charge in [-0.25, -0.2) is 9.97 Å². The van der Waals surface area contributed by atoms with Crippen molar-refractivity contribution in [2.75, 3.05) is 40.5 Å². The number of aliphatic hydroxyl groups excluding tert-OH is 1. The highest BCUT2D eigenvalue weighted by molar-refractivity contribution is 7.99. The first-order chi connectivity index (χ1) is 19.2. The second-order valence-corrected chi connectivity index (χ2v) is 11.7. The number of hydrogen-bond acceptors (Lipinski definition) is 8. The third kappa shape index (κ3) is 5.59. The average molecular weight is 579 g/mol. The van der Waals surface area contributed by atoms with E-state index >= 15 is 0 Å². The number of carbonyl (C=O) groups excluding carboxylic acids is 2. The number of carbonyl (C=O) groups is 2. The van der Waals surface area contributed by atoms with Crippen molar-refractivity contribution in [2.45, 2.75) is 43.0 Å². The van der Waals surface area contributed by atoms with Crippen LogP contribution in [0.5, 0.6) is 0 Å². The van der Waals surface area contributed by atoms with Crippen LogP contribution in [0, 0.1) is 5.41 Å². The van der Waals surface area contributed by atoms with Crippen LogP contribution in [-0.4, -0.2) is 46.5 Å². The minimum absolute atomic E-state index is 0.0848. The van der Waals surface area contributed by atoms with Crippen LogP contribution < -0.4 is 20.9 Å². The van der Waals surface area contributed by atoms with Gasteiger partial charge in [0.2, 0.25) is 0 Å². The summed E-state index contributed by atoms with van der Waals surface area (Å²) in [6.07, 6.45) is 5.08. The van der Waals surface area contributed by atoms with E-state index < -0.39 is 11.8 Å². The summed E-state index contributed by atoms with van der Waals surface area (Å²) in [5.74, 6) is -0.576. The number of anilines is 4. The molecule has 4 N–H and O–H groups in total. The summed E-state index contributed by atoms with van der Waals surface area (Å²) in [7, 11) is 0. The number of hydrogen-bond donors (Lipinski definition) is 3. The highest BCUT2D eigenvalue weighted by Crippen LogP contribution is 2.40. The minimum atomic E-state index is -0.741. The van der Waals surface area contributed by atoms with E-state index in [2.05, 4.69) is 34.0 Å². The Morgan fingerprint density at radius 3 is 2.58 bits per heavy atom. The van der Waals surface area contributed by atoms with Gasteiger partial charge in [-0.2, -0.15) is 0 Å². The van der Waals surface area contributed by atoms with Gasteiger partial charge in [0.25, 0.3) is 11.8 Å². The molecule has 0 atom stereocenters. The lowest BCUT2D eigenvalue weighted by Gasteiger charge is -2.39. The van der Waals surface area contributed by atoms with Gasteiger partial charge in [-0.05, 0) is 42.5 Å². The summed E-state index contributed by atoms with van der Waals surface area (Å²) < 4.78 is 0. The number of piperidine rings is 1. The fourth-order valence-corrected chi connectivity index (χ4v) is 5.92. The predicted octanol–water partition coefficient (Wildman–Crippen LogP) is 5.68. The molecule has 5 rings (SSSR count). The maximum atomic E-state index is 13.0. The van der Waals surface area contributed by atoms with E-state index in [4.69, 9.17) is 17.3 Å². The molecule has 9 nitrogen and oxygen atoms in total. The molecular formula is C29H31ClN6O3S. The van der Waals surface area contributed by atoms with Crippen molar-refractivity contribution in [3.63, 3.8) is 0 Å². The zero-order chi connectivity index (χ0) is 28.4. The van der Waals surface area contributed by atoms with Crippen molar-refractivity contribution in [1.82, 2.24) is 9.97 Å². The van der Waals surface area contributed by atoms with Gasteiger partial charge < -0.3 is 26.0 Å². The molecule has 0 radical (unpaired) electrons. The van der Waals surface area contributed by atoms with Crippen LogP contribution in [-0.2, 0) is 9.59 Å². The third-order valence-electron chi connectivity index (χ3n) is 7.67. The maximum Gasteiger partial charge on any atom is 0.267 e. The Morgan fingerprint density at radius 1 is 1.18 bits per heavy atom. The van der Waals surface area contributed by atoms with Crippen LogP contribution in [0.3, 0.4) is 0 Å². The molecule has 1 aromatic heterocycles. The molecular weight excluding hydrogens is 548 g/mol. The van der Waals surface area contributed by atoms with Crippen LogP contribution in [0.15, 0.2) is 76.0 Å². The molecule has 0 spiro atoms. The highest BCUT2D eigenvalue weighted by atomic mass is 35.5. The van der Waals surface area contributed by atoms with Crippen molar-refractivity contribution in [1.29, 1.82) is 0 Å². The molecule has 208 valence electrons. The van der Waals surface area contributed by atoms with Crippen LogP contribution in [0.4, 0.5) is 23.0 Å². The monoisotopic (exact) mass is 578 g/mol. The smallest absolute Gasteiger partial charge is 0.267 e. The lowest BCUT2D eigenvalue weighted by Crippen LogP contribution is -2.39. The van der Waals surface area contributed by atoms with E-state index in [1.165, 1.54) is 16.7 Å². The second kappa shape index (κ2) is 11.4. The zero-order valence-corrected chi connectivity index (χ0v) is 23.9.